The third-order valence-electron chi connectivity index (χ3n) is 3.40. The maximum atomic E-state index is 10.9. The molecule has 1 saturated heterocycles. The zero-order valence-electron chi connectivity index (χ0n) is 10.3. The van der Waals surface area contributed by atoms with E-state index >= 15 is 0 Å². The first-order chi connectivity index (χ1) is 7.13. The number of ketones is 1. The second-order valence-corrected chi connectivity index (χ2v) is 4.59. The van der Waals surface area contributed by atoms with Crippen LogP contribution in [-0.4, -0.2) is 54.3 Å². The molecule has 1 fully saturated rings. The summed E-state index contributed by atoms with van der Waals surface area (Å²) in [6.07, 6.45) is 1.94. The zero-order chi connectivity index (χ0) is 11.3. The van der Waals surface area contributed by atoms with Crippen molar-refractivity contribution in [2.45, 2.75) is 39.7 Å². The Balaban J connectivity index is 2.20. The summed E-state index contributed by atoms with van der Waals surface area (Å²) in [5, 5.41) is 0. The van der Waals surface area contributed by atoms with Gasteiger partial charge in [0.25, 0.3) is 0 Å². The molecule has 1 heterocycles. The predicted molar refractivity (Wildman–Crippen MR) is 63.1 cm³/mol. The van der Waals surface area contributed by atoms with Crippen LogP contribution in [-0.2, 0) is 4.79 Å². The van der Waals surface area contributed by atoms with Crippen molar-refractivity contribution in [3.8, 4) is 0 Å². The SMILES string of the molecule is CCC(C)N1CCN(CCC(C)=O)CC1. The van der Waals surface area contributed by atoms with E-state index in [1.54, 1.807) is 6.92 Å². The summed E-state index contributed by atoms with van der Waals surface area (Å²) in [6, 6.07) is 0.708. The Kier molecular flexibility index (Phi) is 5.26. The Labute approximate surface area is 93.4 Å². The molecule has 3 nitrogen and oxygen atoms in total. The highest BCUT2D eigenvalue weighted by Gasteiger charge is 2.19. The van der Waals surface area contributed by atoms with Crippen LogP contribution < -0.4 is 0 Å². The maximum Gasteiger partial charge on any atom is 0.131 e. The first kappa shape index (κ1) is 12.7. The average molecular weight is 212 g/mol. The number of piperazine rings is 1. The van der Waals surface area contributed by atoms with Crippen LogP contribution in [0.15, 0.2) is 0 Å². The number of nitrogens with zero attached hydrogens (tertiary/aromatic N) is 2. The molecule has 0 radical (unpaired) electrons. The van der Waals surface area contributed by atoms with Gasteiger partial charge in [-0.3, -0.25) is 9.69 Å². The lowest BCUT2D eigenvalue weighted by molar-refractivity contribution is -0.117. The van der Waals surface area contributed by atoms with E-state index < -0.39 is 0 Å². The van der Waals surface area contributed by atoms with Gasteiger partial charge in [-0.15, -0.1) is 0 Å². The summed E-state index contributed by atoms with van der Waals surface area (Å²) in [6.45, 7) is 11.7. The predicted octanol–water partition coefficient (Wildman–Crippen LogP) is 1.38. The Morgan fingerprint density at radius 1 is 1.27 bits per heavy atom. The van der Waals surface area contributed by atoms with E-state index in [9.17, 15) is 4.79 Å². The average Bonchev–Trinajstić information content (AvgIpc) is 2.26. The van der Waals surface area contributed by atoms with Crippen molar-refractivity contribution in [2.75, 3.05) is 32.7 Å². The Hall–Kier alpha value is -0.410. The van der Waals surface area contributed by atoms with Gasteiger partial charge in [0.15, 0.2) is 0 Å². The quantitative estimate of drug-likeness (QED) is 0.688. The van der Waals surface area contributed by atoms with Gasteiger partial charge >= 0.3 is 0 Å². The lowest BCUT2D eigenvalue weighted by Gasteiger charge is -2.37. The maximum absolute atomic E-state index is 10.9. The van der Waals surface area contributed by atoms with Crippen LogP contribution in [0, 0.1) is 0 Å². The van der Waals surface area contributed by atoms with Crippen molar-refractivity contribution >= 4 is 5.78 Å². The van der Waals surface area contributed by atoms with Crippen LogP contribution in [0.25, 0.3) is 0 Å². The minimum atomic E-state index is 0.305. The van der Waals surface area contributed by atoms with E-state index in [1.165, 1.54) is 6.42 Å². The van der Waals surface area contributed by atoms with Crippen LogP contribution >= 0.6 is 0 Å². The molecule has 0 amide bonds. The van der Waals surface area contributed by atoms with Crippen molar-refractivity contribution in [1.29, 1.82) is 0 Å². The minimum Gasteiger partial charge on any atom is -0.300 e. The molecule has 0 aliphatic carbocycles. The highest BCUT2D eigenvalue weighted by atomic mass is 16.1. The van der Waals surface area contributed by atoms with E-state index in [0.717, 1.165) is 32.7 Å². The molecule has 0 bridgehead atoms. The number of carbonyl (C=O) groups is 1. The summed E-state index contributed by atoms with van der Waals surface area (Å²) < 4.78 is 0. The van der Waals surface area contributed by atoms with Gasteiger partial charge in [0.05, 0.1) is 0 Å². The summed E-state index contributed by atoms with van der Waals surface area (Å²) in [4.78, 5) is 15.8. The van der Waals surface area contributed by atoms with Crippen LogP contribution in [0.5, 0.6) is 0 Å². The summed E-state index contributed by atoms with van der Waals surface area (Å²) >= 11 is 0. The number of hydrogen-bond acceptors (Lipinski definition) is 3. The molecule has 1 aliphatic rings. The fraction of sp³-hybridized carbons (Fsp3) is 0.917. The standard InChI is InChI=1S/C12H24N2O/c1-4-11(2)14-9-7-13(8-10-14)6-5-12(3)15/h11H,4-10H2,1-3H3. The molecule has 0 aromatic heterocycles. The fourth-order valence-electron chi connectivity index (χ4n) is 2.00. The van der Waals surface area contributed by atoms with Gasteiger partial charge in [0.2, 0.25) is 0 Å². The van der Waals surface area contributed by atoms with Gasteiger partial charge in [-0.1, -0.05) is 6.92 Å². The third kappa shape index (κ3) is 4.31. The van der Waals surface area contributed by atoms with Crippen molar-refractivity contribution < 1.29 is 4.79 Å². The molecular weight excluding hydrogens is 188 g/mol. The zero-order valence-corrected chi connectivity index (χ0v) is 10.3. The van der Waals surface area contributed by atoms with Crippen LogP contribution in [0.1, 0.15) is 33.6 Å². The van der Waals surface area contributed by atoms with E-state index in [0.29, 0.717) is 18.2 Å². The van der Waals surface area contributed by atoms with Crippen LogP contribution in [0.2, 0.25) is 0 Å². The van der Waals surface area contributed by atoms with Gasteiger partial charge in [0, 0.05) is 45.2 Å². The second kappa shape index (κ2) is 6.23. The molecular formula is C12H24N2O. The van der Waals surface area contributed by atoms with Crippen molar-refractivity contribution in [1.82, 2.24) is 9.80 Å². The van der Waals surface area contributed by atoms with Gasteiger partial charge in [-0.25, -0.2) is 0 Å². The normalized spacial score (nSPS) is 21.5. The van der Waals surface area contributed by atoms with E-state index in [1.807, 2.05) is 0 Å². The van der Waals surface area contributed by atoms with Crippen molar-refractivity contribution in [2.24, 2.45) is 0 Å². The molecule has 0 N–H and O–H groups in total. The van der Waals surface area contributed by atoms with E-state index in [2.05, 4.69) is 23.6 Å². The van der Waals surface area contributed by atoms with Crippen molar-refractivity contribution in [3.63, 3.8) is 0 Å². The number of carbonyl (C=O) groups excluding carboxylic acids is 1. The van der Waals surface area contributed by atoms with E-state index in [-0.39, 0.29) is 0 Å². The lowest BCUT2D eigenvalue weighted by atomic mass is 10.2. The number of Topliss-reactive ketones (excluding diaryl/α,β-unsaturated/α-hetero) is 1. The first-order valence-corrected chi connectivity index (χ1v) is 6.09. The molecule has 3 heteroatoms. The Bertz CT molecular complexity index is 198. The van der Waals surface area contributed by atoms with Crippen LogP contribution in [0.4, 0.5) is 0 Å². The van der Waals surface area contributed by atoms with E-state index in [4.69, 9.17) is 0 Å². The molecule has 0 aromatic carbocycles. The molecule has 1 aliphatic heterocycles. The number of rotatable bonds is 5. The smallest absolute Gasteiger partial charge is 0.131 e. The monoisotopic (exact) mass is 212 g/mol. The van der Waals surface area contributed by atoms with Gasteiger partial charge in [-0.2, -0.15) is 0 Å². The van der Waals surface area contributed by atoms with Gasteiger partial charge in [0.1, 0.15) is 5.78 Å². The highest BCUT2D eigenvalue weighted by molar-refractivity contribution is 5.75. The molecule has 0 saturated carbocycles. The summed E-state index contributed by atoms with van der Waals surface area (Å²) in [5.41, 5.74) is 0. The Morgan fingerprint density at radius 3 is 2.33 bits per heavy atom. The molecule has 15 heavy (non-hydrogen) atoms. The fourth-order valence-corrected chi connectivity index (χ4v) is 2.00. The molecule has 0 aromatic rings. The summed E-state index contributed by atoms with van der Waals surface area (Å²) in [7, 11) is 0. The second-order valence-electron chi connectivity index (χ2n) is 4.59. The first-order valence-electron chi connectivity index (χ1n) is 6.09. The highest BCUT2D eigenvalue weighted by Crippen LogP contribution is 2.08. The largest absolute Gasteiger partial charge is 0.300 e. The number of hydrogen-bond donors (Lipinski definition) is 0. The summed E-state index contributed by atoms with van der Waals surface area (Å²) in [5.74, 6) is 0.305. The molecule has 1 atom stereocenters. The topological polar surface area (TPSA) is 23.6 Å². The van der Waals surface area contributed by atoms with Crippen molar-refractivity contribution in [3.05, 3.63) is 0 Å². The van der Waals surface area contributed by atoms with Crippen LogP contribution in [0.3, 0.4) is 0 Å². The molecule has 1 unspecified atom stereocenters. The molecule has 0 spiro atoms. The third-order valence-corrected chi connectivity index (χ3v) is 3.40. The lowest BCUT2D eigenvalue weighted by Crippen LogP contribution is -2.49. The minimum absolute atomic E-state index is 0.305. The molecule has 88 valence electrons. The Morgan fingerprint density at radius 2 is 1.87 bits per heavy atom. The van der Waals surface area contributed by atoms with Gasteiger partial charge in [-0.05, 0) is 20.3 Å². The van der Waals surface area contributed by atoms with Gasteiger partial charge < -0.3 is 4.90 Å². The molecule has 1 rings (SSSR count).